The summed E-state index contributed by atoms with van der Waals surface area (Å²) in [6.07, 6.45) is 0. The predicted octanol–water partition coefficient (Wildman–Crippen LogP) is 5.27. The van der Waals surface area contributed by atoms with E-state index in [2.05, 4.69) is 53.9 Å². The summed E-state index contributed by atoms with van der Waals surface area (Å²) >= 11 is 10.0. The van der Waals surface area contributed by atoms with E-state index in [0.29, 0.717) is 19.2 Å². The zero-order chi connectivity index (χ0) is 15.8. The van der Waals surface area contributed by atoms with Crippen LogP contribution in [0, 0.1) is 11.3 Å². The molecule has 1 aromatic carbocycles. The molecule has 2 aromatic rings. The van der Waals surface area contributed by atoms with E-state index >= 15 is 0 Å². The molecular weight excluding hydrogens is 464 g/mol. The number of hydrogen-bond donors (Lipinski definition) is 0. The molecule has 0 atom stereocenters. The van der Waals surface area contributed by atoms with E-state index in [1.807, 2.05) is 44.2 Å². The lowest BCUT2D eigenvalue weighted by Gasteiger charge is -2.25. The lowest BCUT2D eigenvalue weighted by molar-refractivity contribution is 0.0816. The van der Waals surface area contributed by atoms with Gasteiger partial charge in [0.2, 0.25) is 5.91 Å². The Balaban J connectivity index is 2.59. The molecule has 0 N–H and O–H groups in total. The molecule has 108 valence electrons. The Morgan fingerprint density at radius 2 is 1.71 bits per heavy atom. The lowest BCUT2D eigenvalue weighted by atomic mass is 9.83. The van der Waals surface area contributed by atoms with E-state index in [1.165, 1.54) is 4.57 Å². The summed E-state index contributed by atoms with van der Waals surface area (Å²) in [5, 5.41) is 9.18. The fourth-order valence-electron chi connectivity index (χ4n) is 2.02. The lowest BCUT2D eigenvalue weighted by Crippen LogP contribution is -2.34. The van der Waals surface area contributed by atoms with Crippen LogP contribution in [-0.2, 0) is 5.41 Å². The first kappa shape index (κ1) is 16.5. The minimum absolute atomic E-state index is 0.130. The monoisotopic (exact) mass is 472 g/mol. The van der Waals surface area contributed by atoms with Gasteiger partial charge in [0, 0.05) is 0 Å². The molecule has 0 aliphatic rings. The number of nitriles is 1. The van der Waals surface area contributed by atoms with Gasteiger partial charge in [-0.15, -0.1) is 0 Å². The molecule has 0 bridgehead atoms. The van der Waals surface area contributed by atoms with E-state index in [0.717, 1.165) is 5.56 Å². The number of hydrogen-bond acceptors (Lipinski definition) is 2. The molecule has 0 saturated carbocycles. The quantitative estimate of drug-likeness (QED) is 0.595. The molecule has 3 nitrogen and oxygen atoms in total. The average Bonchev–Trinajstić information content (AvgIpc) is 2.69. The summed E-state index contributed by atoms with van der Waals surface area (Å²) < 4.78 is 3.00. The molecule has 21 heavy (non-hydrogen) atoms. The molecule has 0 unspecified atom stereocenters. The van der Waals surface area contributed by atoms with Gasteiger partial charge in [-0.2, -0.15) is 5.26 Å². The largest absolute Gasteiger partial charge is 0.273 e. The van der Waals surface area contributed by atoms with Gasteiger partial charge in [0.15, 0.2) is 0 Å². The summed E-state index contributed by atoms with van der Waals surface area (Å²) in [6.45, 7) is 3.73. The summed E-state index contributed by atoms with van der Waals surface area (Å²) in [5.41, 5.74) is 0.577. The third kappa shape index (κ3) is 2.75. The van der Waals surface area contributed by atoms with Crippen LogP contribution in [0.5, 0.6) is 0 Å². The van der Waals surface area contributed by atoms with E-state index in [4.69, 9.17) is 0 Å². The van der Waals surface area contributed by atoms with Crippen LogP contribution in [0.25, 0.3) is 0 Å². The van der Waals surface area contributed by atoms with Crippen molar-refractivity contribution in [1.29, 1.82) is 5.26 Å². The number of rotatable bonds is 2. The summed E-state index contributed by atoms with van der Waals surface area (Å²) in [6, 6.07) is 11.6. The molecule has 0 amide bonds. The van der Waals surface area contributed by atoms with Gasteiger partial charge in [0.25, 0.3) is 0 Å². The summed E-state index contributed by atoms with van der Waals surface area (Å²) in [4.78, 5) is 13.0. The van der Waals surface area contributed by atoms with Crippen molar-refractivity contribution >= 4 is 53.7 Å². The molecule has 6 heteroatoms. The third-order valence-corrected chi connectivity index (χ3v) is 6.15. The van der Waals surface area contributed by atoms with Gasteiger partial charge >= 0.3 is 0 Å². The van der Waals surface area contributed by atoms with Crippen molar-refractivity contribution in [1.82, 2.24) is 4.57 Å². The van der Waals surface area contributed by atoms with E-state index in [9.17, 15) is 10.1 Å². The smallest absolute Gasteiger partial charge is 0.242 e. The maximum atomic E-state index is 13.0. The van der Waals surface area contributed by atoms with Gasteiger partial charge < -0.3 is 0 Å². The molecule has 0 aliphatic carbocycles. The summed E-state index contributed by atoms with van der Waals surface area (Å²) in [5.74, 6) is -0.130. The highest BCUT2D eigenvalue weighted by Crippen LogP contribution is 2.38. The second-order valence-corrected chi connectivity index (χ2v) is 7.31. The van der Waals surface area contributed by atoms with Crippen molar-refractivity contribution in [2.75, 3.05) is 0 Å². The van der Waals surface area contributed by atoms with E-state index in [1.54, 1.807) is 0 Å². The zero-order valence-corrected chi connectivity index (χ0v) is 16.1. The zero-order valence-electron chi connectivity index (χ0n) is 11.3. The predicted molar refractivity (Wildman–Crippen MR) is 92.3 cm³/mol. The van der Waals surface area contributed by atoms with Gasteiger partial charge in [-0.05, 0) is 67.2 Å². The Morgan fingerprint density at radius 1 is 1.14 bits per heavy atom. The Morgan fingerprint density at radius 3 is 2.19 bits per heavy atom. The highest BCUT2D eigenvalue weighted by atomic mass is 79.9. The van der Waals surface area contributed by atoms with Crippen molar-refractivity contribution in [3.05, 3.63) is 55.1 Å². The van der Waals surface area contributed by atoms with Crippen LogP contribution < -0.4 is 0 Å². The van der Waals surface area contributed by atoms with Gasteiger partial charge in [0.1, 0.15) is 20.8 Å². The van der Waals surface area contributed by atoms with Gasteiger partial charge in [-0.3, -0.25) is 9.36 Å². The second-order valence-electron chi connectivity index (χ2n) is 5.01. The van der Waals surface area contributed by atoms with Crippen molar-refractivity contribution in [3.63, 3.8) is 0 Å². The van der Waals surface area contributed by atoms with Crippen LogP contribution in [-0.4, -0.2) is 10.5 Å². The van der Waals surface area contributed by atoms with Gasteiger partial charge in [-0.1, -0.05) is 30.3 Å². The fraction of sp³-hybridized carbons (Fsp3) is 0.200. The number of carbonyl (C=O) groups is 1. The first-order chi connectivity index (χ1) is 9.82. The maximum Gasteiger partial charge on any atom is 0.242 e. The SMILES string of the molecule is CC(C)(C(=O)n1c(Br)c(Br)c(C#N)c1Br)c1ccccc1. The Labute approximate surface area is 148 Å². The maximum absolute atomic E-state index is 13.0. The second kappa shape index (κ2) is 6.07. The molecule has 2 rings (SSSR count). The van der Waals surface area contributed by atoms with Crippen molar-refractivity contribution in [2.45, 2.75) is 19.3 Å². The Hall–Kier alpha value is -0.900. The number of benzene rings is 1. The first-order valence-corrected chi connectivity index (χ1v) is 8.46. The Kier molecular flexibility index (Phi) is 4.76. The van der Waals surface area contributed by atoms with E-state index < -0.39 is 5.41 Å². The highest BCUT2D eigenvalue weighted by Gasteiger charge is 2.34. The summed E-state index contributed by atoms with van der Waals surface area (Å²) in [7, 11) is 0. The molecule has 0 saturated heterocycles. The van der Waals surface area contributed by atoms with Crippen molar-refractivity contribution < 1.29 is 4.79 Å². The molecule has 1 heterocycles. The molecule has 0 aliphatic heterocycles. The molecule has 0 fully saturated rings. The fourth-order valence-corrected chi connectivity index (χ4v) is 4.14. The normalized spacial score (nSPS) is 11.2. The molecule has 1 aromatic heterocycles. The molecule has 0 radical (unpaired) electrons. The van der Waals surface area contributed by atoms with Crippen LogP contribution in [0.3, 0.4) is 0 Å². The first-order valence-electron chi connectivity index (χ1n) is 6.08. The van der Waals surface area contributed by atoms with Crippen LogP contribution in [0.1, 0.15) is 29.8 Å². The highest BCUT2D eigenvalue weighted by molar-refractivity contribution is 9.13. The third-order valence-electron chi connectivity index (χ3n) is 3.34. The topological polar surface area (TPSA) is 45.8 Å². The van der Waals surface area contributed by atoms with Crippen LogP contribution in [0.2, 0.25) is 0 Å². The minimum Gasteiger partial charge on any atom is -0.273 e. The molecular formula is C15H11Br3N2O. The van der Waals surface area contributed by atoms with Gasteiger partial charge in [-0.25, -0.2) is 0 Å². The van der Waals surface area contributed by atoms with Crippen molar-refractivity contribution in [3.8, 4) is 6.07 Å². The van der Waals surface area contributed by atoms with Crippen LogP contribution in [0.4, 0.5) is 0 Å². The van der Waals surface area contributed by atoms with Crippen LogP contribution >= 0.6 is 47.8 Å². The standard InChI is InChI=1S/C15H11Br3N2O/c1-15(2,9-6-4-3-5-7-9)14(21)20-12(17)10(8-19)11(16)13(20)18/h3-7H,1-2H3. The molecule has 0 spiro atoms. The Bertz CT molecular complexity index is 743. The van der Waals surface area contributed by atoms with Gasteiger partial charge in [0.05, 0.1) is 9.89 Å². The average molecular weight is 475 g/mol. The number of carbonyl (C=O) groups excluding carboxylic acids is 1. The minimum atomic E-state index is -0.725. The number of halogens is 3. The van der Waals surface area contributed by atoms with Crippen LogP contribution in [0.15, 0.2) is 44.0 Å². The van der Waals surface area contributed by atoms with Crippen molar-refractivity contribution in [2.24, 2.45) is 0 Å². The number of nitrogens with zero attached hydrogens (tertiary/aromatic N) is 2. The van der Waals surface area contributed by atoms with E-state index in [-0.39, 0.29) is 5.91 Å². The number of aromatic nitrogens is 1.